The van der Waals surface area contributed by atoms with Gasteiger partial charge < -0.3 is 34.3 Å². The molecule has 2 saturated heterocycles. The summed E-state index contributed by atoms with van der Waals surface area (Å²) >= 11 is 6.22. The Bertz CT molecular complexity index is 2900. The number of hydrogen-bond donors (Lipinski definition) is 3. The van der Waals surface area contributed by atoms with E-state index in [1.165, 1.54) is 26.0 Å². The first-order valence-electron chi connectivity index (χ1n) is 23.3. The number of nitrogens with zero attached hydrogens (tertiary/aromatic N) is 5. The molecule has 5 aromatic rings. The average molecular weight is 1010 g/mol. The van der Waals surface area contributed by atoms with E-state index in [0.29, 0.717) is 119 Å². The third kappa shape index (κ3) is 10.4. The number of H-pyrrole nitrogens is 1. The lowest BCUT2D eigenvalue weighted by Gasteiger charge is -2.42. The molecule has 0 radical (unpaired) electrons. The number of nitrogens with one attached hydrogen (secondary N) is 3. The summed E-state index contributed by atoms with van der Waals surface area (Å²) in [4.78, 5) is 39.5. The van der Waals surface area contributed by atoms with Crippen molar-refractivity contribution in [3.8, 4) is 5.88 Å². The Labute approximate surface area is 408 Å². The standard InChI is InChI=1S/C49H54ClF3N8O8S/c1-48(2,49(51,52)53)34-6-11-39(31-4-7-35(50)8-5-31)33(24-34)29-58-17-19-59(20-18-58)36-9-12-40(42(26-36)60-16-3-21-69-47-44(60)25-32-14-15-54-45(32)56-47)46(62)57-70(65,66)38-10-13-41(43(27-38)61(63)64)55-28-37-30-67-22-23-68-37/h4-5,7-10,12-15,25-27,34,37,55H,3,6,11,16-24,28-30H2,1-2H3,(H,54,56)(H,57,62)/t34-,37-/m0/s1. The van der Waals surface area contributed by atoms with Crippen LogP contribution in [0.5, 0.6) is 5.88 Å². The molecular weight excluding hydrogens is 953 g/mol. The Balaban J connectivity index is 0.987. The first-order valence-corrected chi connectivity index (χ1v) is 25.1. The van der Waals surface area contributed by atoms with Crippen molar-refractivity contribution < 1.29 is 45.5 Å². The number of carbonyl (C=O) groups is 1. The quantitative estimate of drug-likeness (QED) is 0.0751. The minimum atomic E-state index is -4.66. The lowest BCUT2D eigenvalue weighted by Crippen LogP contribution is -2.47. The summed E-state index contributed by atoms with van der Waals surface area (Å²) in [5.41, 5.74) is 3.05. The minimum absolute atomic E-state index is 0.0192. The largest absolute Gasteiger partial charge is 0.476 e. The van der Waals surface area contributed by atoms with Crippen LogP contribution >= 0.6 is 11.6 Å². The number of nitro groups is 1. The molecule has 1 aliphatic carbocycles. The number of allylic oxidation sites excluding steroid dienone is 1. The van der Waals surface area contributed by atoms with E-state index in [4.69, 9.17) is 30.8 Å². The highest BCUT2D eigenvalue weighted by Gasteiger charge is 2.52. The Kier molecular flexibility index (Phi) is 14.1. The summed E-state index contributed by atoms with van der Waals surface area (Å²) in [6, 6.07) is 19.8. The number of ether oxygens (including phenoxy) is 3. The van der Waals surface area contributed by atoms with Crippen LogP contribution < -0.4 is 24.6 Å². The van der Waals surface area contributed by atoms with Crippen LogP contribution in [0.25, 0.3) is 16.6 Å². The molecule has 3 aliphatic heterocycles. The molecule has 16 nitrogen and oxygen atoms in total. The monoisotopic (exact) mass is 1010 g/mol. The zero-order valence-corrected chi connectivity index (χ0v) is 40.3. The molecule has 372 valence electrons. The topological polar surface area (TPSA) is 185 Å². The molecule has 70 heavy (non-hydrogen) atoms. The summed E-state index contributed by atoms with van der Waals surface area (Å²) in [5.74, 6) is -1.21. The third-order valence-electron chi connectivity index (χ3n) is 13.9. The number of carbonyl (C=O) groups excluding carboxylic acids is 1. The van der Waals surface area contributed by atoms with Gasteiger partial charge in [0.15, 0.2) is 0 Å². The molecular formula is C49H54ClF3N8O8S. The molecule has 5 heterocycles. The van der Waals surface area contributed by atoms with Gasteiger partial charge in [0.25, 0.3) is 21.6 Å². The number of nitro benzene ring substituents is 1. The van der Waals surface area contributed by atoms with E-state index in [1.54, 1.807) is 30.5 Å². The first-order chi connectivity index (χ1) is 33.4. The zero-order chi connectivity index (χ0) is 49.4. The van der Waals surface area contributed by atoms with E-state index in [1.807, 2.05) is 35.2 Å². The number of halogens is 4. The second-order valence-electron chi connectivity index (χ2n) is 18.6. The van der Waals surface area contributed by atoms with Crippen LogP contribution in [0.3, 0.4) is 0 Å². The van der Waals surface area contributed by atoms with Crippen LogP contribution in [0.15, 0.2) is 89.5 Å². The number of anilines is 4. The van der Waals surface area contributed by atoms with Gasteiger partial charge in [-0.15, -0.1) is 0 Å². The summed E-state index contributed by atoms with van der Waals surface area (Å²) in [6.45, 7) is 7.43. The fourth-order valence-corrected chi connectivity index (χ4v) is 10.8. The van der Waals surface area contributed by atoms with Gasteiger partial charge in [-0.05, 0) is 97.3 Å². The van der Waals surface area contributed by atoms with Gasteiger partial charge in [0.2, 0.25) is 5.88 Å². The average Bonchev–Trinajstić information content (AvgIpc) is 3.70. The van der Waals surface area contributed by atoms with Crippen LogP contribution in [-0.2, 0) is 19.5 Å². The Morgan fingerprint density at radius 2 is 1.76 bits per heavy atom. The van der Waals surface area contributed by atoms with E-state index >= 15 is 0 Å². The second kappa shape index (κ2) is 20.1. The van der Waals surface area contributed by atoms with Gasteiger partial charge in [0.1, 0.15) is 17.0 Å². The Morgan fingerprint density at radius 1 is 0.971 bits per heavy atom. The number of alkyl halides is 3. The number of pyridine rings is 1. The smallest absolute Gasteiger partial charge is 0.394 e. The first kappa shape index (κ1) is 49.1. The van der Waals surface area contributed by atoms with Crippen molar-refractivity contribution in [3.63, 3.8) is 0 Å². The highest BCUT2D eigenvalue weighted by atomic mass is 35.5. The number of aromatic amines is 1. The molecule has 3 N–H and O–H groups in total. The molecule has 0 spiro atoms. The summed E-state index contributed by atoms with van der Waals surface area (Å²) < 4.78 is 90.2. The summed E-state index contributed by atoms with van der Waals surface area (Å²) in [7, 11) is -4.66. The maximum absolute atomic E-state index is 14.4. The van der Waals surface area contributed by atoms with Crippen LogP contribution in [0.2, 0.25) is 5.02 Å². The number of sulfonamides is 1. The predicted octanol–water partition coefficient (Wildman–Crippen LogP) is 8.96. The number of rotatable bonds is 13. The van der Waals surface area contributed by atoms with E-state index in [9.17, 15) is 36.5 Å². The normalized spacial score (nSPS) is 19.6. The molecule has 0 bridgehead atoms. The maximum Gasteiger partial charge on any atom is 0.394 e. The Hall–Kier alpha value is -5.93. The third-order valence-corrected chi connectivity index (χ3v) is 15.5. The molecule has 2 aromatic heterocycles. The van der Waals surface area contributed by atoms with Crippen molar-refractivity contribution in [2.24, 2.45) is 11.3 Å². The highest BCUT2D eigenvalue weighted by molar-refractivity contribution is 7.90. The molecule has 4 aliphatic rings. The molecule has 0 unspecified atom stereocenters. The molecule has 1 amide bonds. The summed E-state index contributed by atoms with van der Waals surface area (Å²) in [5, 5.41) is 16.5. The second-order valence-corrected chi connectivity index (χ2v) is 20.7. The van der Waals surface area contributed by atoms with Gasteiger partial charge in [-0.3, -0.25) is 19.8 Å². The highest BCUT2D eigenvalue weighted by Crippen LogP contribution is 2.51. The van der Waals surface area contributed by atoms with Crippen molar-refractivity contribution >= 4 is 72.6 Å². The van der Waals surface area contributed by atoms with Crippen molar-refractivity contribution in [1.29, 1.82) is 0 Å². The van der Waals surface area contributed by atoms with Crippen LogP contribution in [0, 0.1) is 21.4 Å². The van der Waals surface area contributed by atoms with Crippen LogP contribution in [-0.4, -0.2) is 119 Å². The van der Waals surface area contributed by atoms with Crippen molar-refractivity contribution in [2.45, 2.75) is 56.7 Å². The van der Waals surface area contributed by atoms with E-state index in [0.717, 1.165) is 33.8 Å². The van der Waals surface area contributed by atoms with E-state index < -0.39 is 48.9 Å². The zero-order valence-electron chi connectivity index (χ0n) is 38.7. The molecule has 9 rings (SSSR count). The summed E-state index contributed by atoms with van der Waals surface area (Å²) in [6.07, 6.45) is -1.15. The van der Waals surface area contributed by atoms with Gasteiger partial charge in [-0.1, -0.05) is 43.2 Å². The minimum Gasteiger partial charge on any atom is -0.476 e. The maximum atomic E-state index is 14.4. The van der Waals surface area contributed by atoms with Gasteiger partial charge in [0, 0.05) is 74.2 Å². The van der Waals surface area contributed by atoms with Gasteiger partial charge in [-0.2, -0.15) is 18.2 Å². The van der Waals surface area contributed by atoms with Gasteiger partial charge >= 0.3 is 6.18 Å². The van der Waals surface area contributed by atoms with Gasteiger partial charge in [0.05, 0.1) is 59.0 Å². The number of fused-ring (bicyclic) bond motifs is 2. The molecule has 3 aromatic carbocycles. The SMILES string of the molecule is CC(C)([C@H]1CCC(c2ccc(Cl)cc2)=C(CN2CCN(c3ccc(C(=O)NS(=O)(=O)c4ccc(NC[C@H]5COCCO5)c([N+](=O)[O-])c4)c(N4CCCOc5nc6[nH]ccc6cc54)c3)CC2)C1)C(F)(F)F. The number of benzene rings is 3. The molecule has 2 fully saturated rings. The van der Waals surface area contributed by atoms with Crippen molar-refractivity contribution in [1.82, 2.24) is 19.6 Å². The van der Waals surface area contributed by atoms with Crippen LogP contribution in [0.1, 0.15) is 55.5 Å². The number of hydrogen-bond acceptors (Lipinski definition) is 13. The Morgan fingerprint density at radius 3 is 2.49 bits per heavy atom. The number of aromatic nitrogens is 2. The lowest BCUT2D eigenvalue weighted by atomic mass is 9.68. The van der Waals surface area contributed by atoms with E-state index in [2.05, 4.69) is 24.8 Å². The fourth-order valence-electron chi connectivity index (χ4n) is 9.70. The van der Waals surface area contributed by atoms with Gasteiger partial charge in [-0.25, -0.2) is 13.1 Å². The molecule has 0 saturated carbocycles. The number of piperazine rings is 1. The number of amides is 1. The molecule has 21 heteroatoms. The lowest BCUT2D eigenvalue weighted by molar-refractivity contribution is -0.384. The fraction of sp³-hybridized carbons (Fsp3) is 0.429. The van der Waals surface area contributed by atoms with Crippen molar-refractivity contribution in [3.05, 3.63) is 111 Å². The molecule has 2 atom stereocenters. The van der Waals surface area contributed by atoms with Crippen molar-refractivity contribution in [2.75, 3.05) is 87.4 Å². The van der Waals surface area contributed by atoms with E-state index in [-0.39, 0.29) is 23.9 Å². The van der Waals surface area contributed by atoms with Crippen LogP contribution in [0.4, 0.5) is 41.6 Å². The predicted molar refractivity (Wildman–Crippen MR) is 261 cm³/mol.